The summed E-state index contributed by atoms with van der Waals surface area (Å²) in [4.78, 5) is 0. The molecular formula is C16H16F2O. The molecule has 1 atom stereocenters. The molecule has 0 aliphatic rings. The first-order valence-electron chi connectivity index (χ1n) is 6.25. The fourth-order valence-corrected chi connectivity index (χ4v) is 2.00. The standard InChI is InChI=1S/C16H16F2O/c1-3-11-4-6-12(7-5-11)16(19)13-8-10(2)14(17)9-15(13)18/h4-9,16,19H,3H2,1-2H3. The van der Waals surface area contributed by atoms with Crippen LogP contribution in [0.4, 0.5) is 8.78 Å². The number of benzene rings is 2. The van der Waals surface area contributed by atoms with Crippen LogP contribution in [0.5, 0.6) is 0 Å². The highest BCUT2D eigenvalue weighted by Crippen LogP contribution is 2.26. The minimum Gasteiger partial charge on any atom is -0.384 e. The van der Waals surface area contributed by atoms with Gasteiger partial charge < -0.3 is 5.11 Å². The molecule has 100 valence electrons. The average Bonchev–Trinajstić information content (AvgIpc) is 2.42. The molecule has 0 amide bonds. The van der Waals surface area contributed by atoms with Crippen molar-refractivity contribution in [1.29, 1.82) is 0 Å². The fourth-order valence-electron chi connectivity index (χ4n) is 2.00. The first kappa shape index (κ1) is 13.7. The Balaban J connectivity index is 2.37. The van der Waals surface area contributed by atoms with E-state index in [0.29, 0.717) is 11.1 Å². The Morgan fingerprint density at radius 2 is 1.68 bits per heavy atom. The van der Waals surface area contributed by atoms with Gasteiger partial charge in [-0.3, -0.25) is 0 Å². The third-order valence-corrected chi connectivity index (χ3v) is 3.28. The van der Waals surface area contributed by atoms with Crippen molar-refractivity contribution >= 4 is 0 Å². The average molecular weight is 262 g/mol. The van der Waals surface area contributed by atoms with Crippen LogP contribution >= 0.6 is 0 Å². The van der Waals surface area contributed by atoms with Gasteiger partial charge in [0.15, 0.2) is 0 Å². The third kappa shape index (κ3) is 2.82. The van der Waals surface area contributed by atoms with Gasteiger partial charge in [0, 0.05) is 11.6 Å². The summed E-state index contributed by atoms with van der Waals surface area (Å²) < 4.78 is 26.9. The Morgan fingerprint density at radius 3 is 2.26 bits per heavy atom. The quantitative estimate of drug-likeness (QED) is 0.889. The molecule has 0 radical (unpaired) electrons. The van der Waals surface area contributed by atoms with Crippen molar-refractivity contribution in [3.05, 3.63) is 70.3 Å². The predicted octanol–water partition coefficient (Wildman–Crippen LogP) is 3.92. The number of aryl methyl sites for hydroxylation is 2. The van der Waals surface area contributed by atoms with Crippen molar-refractivity contribution in [3.63, 3.8) is 0 Å². The van der Waals surface area contributed by atoms with E-state index in [1.165, 1.54) is 6.07 Å². The van der Waals surface area contributed by atoms with Crippen LogP contribution < -0.4 is 0 Å². The predicted molar refractivity (Wildman–Crippen MR) is 71.0 cm³/mol. The molecule has 1 N–H and O–H groups in total. The van der Waals surface area contributed by atoms with E-state index < -0.39 is 17.7 Å². The van der Waals surface area contributed by atoms with E-state index in [1.807, 2.05) is 19.1 Å². The minimum absolute atomic E-state index is 0.100. The lowest BCUT2D eigenvalue weighted by Crippen LogP contribution is -2.04. The Kier molecular flexibility index (Phi) is 3.96. The lowest BCUT2D eigenvalue weighted by molar-refractivity contribution is 0.214. The van der Waals surface area contributed by atoms with Crippen LogP contribution in [0.15, 0.2) is 36.4 Å². The molecule has 0 aliphatic heterocycles. The van der Waals surface area contributed by atoms with Crippen molar-refractivity contribution in [2.45, 2.75) is 26.4 Å². The first-order valence-corrected chi connectivity index (χ1v) is 6.25. The maximum Gasteiger partial charge on any atom is 0.132 e. The number of hydrogen-bond acceptors (Lipinski definition) is 1. The van der Waals surface area contributed by atoms with E-state index in [0.717, 1.165) is 18.1 Å². The third-order valence-electron chi connectivity index (χ3n) is 3.28. The molecule has 2 rings (SSSR count). The molecule has 1 unspecified atom stereocenters. The highest BCUT2D eigenvalue weighted by Gasteiger charge is 2.17. The molecule has 3 heteroatoms. The maximum absolute atomic E-state index is 13.7. The van der Waals surface area contributed by atoms with Crippen molar-refractivity contribution in [3.8, 4) is 0 Å². The molecule has 0 fully saturated rings. The van der Waals surface area contributed by atoms with Gasteiger partial charge in [-0.1, -0.05) is 31.2 Å². The molecule has 0 aromatic heterocycles. The number of halogens is 2. The monoisotopic (exact) mass is 262 g/mol. The van der Waals surface area contributed by atoms with Gasteiger partial charge in [-0.25, -0.2) is 8.78 Å². The van der Waals surface area contributed by atoms with E-state index in [2.05, 4.69) is 0 Å². The van der Waals surface area contributed by atoms with Gasteiger partial charge >= 0.3 is 0 Å². The fraction of sp³-hybridized carbons (Fsp3) is 0.250. The molecule has 0 aliphatic carbocycles. The minimum atomic E-state index is -1.08. The Bertz CT molecular complexity index is 576. The summed E-state index contributed by atoms with van der Waals surface area (Å²) in [5.74, 6) is -1.33. The van der Waals surface area contributed by atoms with Crippen LogP contribution in [-0.2, 0) is 6.42 Å². The van der Waals surface area contributed by atoms with Crippen LogP contribution in [0.2, 0.25) is 0 Å². The molecule has 0 saturated carbocycles. The summed E-state index contributed by atoms with van der Waals surface area (Å²) in [7, 11) is 0. The summed E-state index contributed by atoms with van der Waals surface area (Å²) >= 11 is 0. The topological polar surface area (TPSA) is 20.2 Å². The van der Waals surface area contributed by atoms with Crippen LogP contribution in [0, 0.1) is 18.6 Å². The zero-order valence-corrected chi connectivity index (χ0v) is 11.0. The van der Waals surface area contributed by atoms with Gasteiger partial charge in [-0.2, -0.15) is 0 Å². The zero-order valence-electron chi connectivity index (χ0n) is 11.0. The van der Waals surface area contributed by atoms with Crippen LogP contribution in [0.25, 0.3) is 0 Å². The van der Waals surface area contributed by atoms with Crippen LogP contribution in [0.3, 0.4) is 0 Å². The Morgan fingerprint density at radius 1 is 1.05 bits per heavy atom. The van der Waals surface area contributed by atoms with Crippen LogP contribution in [0.1, 0.15) is 35.3 Å². The van der Waals surface area contributed by atoms with Gasteiger partial charge in [-0.05, 0) is 36.1 Å². The molecule has 0 bridgehead atoms. The molecule has 0 saturated heterocycles. The highest BCUT2D eigenvalue weighted by atomic mass is 19.1. The largest absolute Gasteiger partial charge is 0.384 e. The van der Waals surface area contributed by atoms with Gasteiger partial charge in [0.1, 0.15) is 17.7 Å². The van der Waals surface area contributed by atoms with Crippen molar-refractivity contribution in [1.82, 2.24) is 0 Å². The van der Waals surface area contributed by atoms with Gasteiger partial charge in [0.05, 0.1) is 0 Å². The van der Waals surface area contributed by atoms with E-state index in [1.54, 1.807) is 19.1 Å². The molecule has 0 spiro atoms. The van der Waals surface area contributed by atoms with Crippen molar-refractivity contribution in [2.24, 2.45) is 0 Å². The van der Waals surface area contributed by atoms with Crippen molar-refractivity contribution in [2.75, 3.05) is 0 Å². The SMILES string of the molecule is CCc1ccc(C(O)c2cc(C)c(F)cc2F)cc1. The zero-order chi connectivity index (χ0) is 14.0. The lowest BCUT2D eigenvalue weighted by Gasteiger charge is -2.14. The number of rotatable bonds is 3. The summed E-state index contributed by atoms with van der Waals surface area (Å²) in [5, 5.41) is 10.2. The summed E-state index contributed by atoms with van der Waals surface area (Å²) in [6, 6.07) is 9.49. The van der Waals surface area contributed by atoms with Gasteiger partial charge in [-0.15, -0.1) is 0 Å². The second-order valence-corrected chi connectivity index (χ2v) is 4.62. The number of aliphatic hydroxyl groups excluding tert-OH is 1. The normalized spacial score (nSPS) is 12.5. The van der Waals surface area contributed by atoms with E-state index in [4.69, 9.17) is 0 Å². The smallest absolute Gasteiger partial charge is 0.132 e. The molecule has 2 aromatic rings. The number of aliphatic hydroxyl groups is 1. The van der Waals surface area contributed by atoms with E-state index >= 15 is 0 Å². The highest BCUT2D eigenvalue weighted by molar-refractivity contribution is 5.35. The van der Waals surface area contributed by atoms with Gasteiger partial charge in [0.2, 0.25) is 0 Å². The first-order chi connectivity index (χ1) is 9.02. The molecule has 2 aromatic carbocycles. The Labute approximate surface area is 111 Å². The summed E-state index contributed by atoms with van der Waals surface area (Å²) in [6.07, 6.45) is -0.175. The summed E-state index contributed by atoms with van der Waals surface area (Å²) in [6.45, 7) is 3.58. The maximum atomic E-state index is 13.7. The van der Waals surface area contributed by atoms with E-state index in [9.17, 15) is 13.9 Å². The molecule has 0 heterocycles. The molecule has 19 heavy (non-hydrogen) atoms. The lowest BCUT2D eigenvalue weighted by atomic mass is 9.98. The van der Waals surface area contributed by atoms with Crippen molar-refractivity contribution < 1.29 is 13.9 Å². The molecular weight excluding hydrogens is 246 g/mol. The van der Waals surface area contributed by atoms with Crippen LogP contribution in [-0.4, -0.2) is 5.11 Å². The summed E-state index contributed by atoms with van der Waals surface area (Å²) in [5.41, 5.74) is 2.16. The van der Waals surface area contributed by atoms with Gasteiger partial charge in [0.25, 0.3) is 0 Å². The number of hydrogen-bond donors (Lipinski definition) is 1. The second kappa shape index (κ2) is 5.49. The molecule has 1 nitrogen and oxygen atoms in total. The van der Waals surface area contributed by atoms with E-state index in [-0.39, 0.29) is 5.56 Å². The second-order valence-electron chi connectivity index (χ2n) is 4.62. The Hall–Kier alpha value is -1.74.